The summed E-state index contributed by atoms with van der Waals surface area (Å²) in [5.74, 6) is 0.215. The normalized spacial score (nSPS) is 27.7. The van der Waals surface area contributed by atoms with Crippen LogP contribution in [-0.4, -0.2) is 59.9 Å². The van der Waals surface area contributed by atoms with Gasteiger partial charge in [-0.3, -0.25) is 14.5 Å². The first kappa shape index (κ1) is 11.4. The molecular formula is C11H19N3O2. The van der Waals surface area contributed by atoms with Crippen LogP contribution >= 0.6 is 0 Å². The molecule has 16 heavy (non-hydrogen) atoms. The van der Waals surface area contributed by atoms with Crippen molar-refractivity contribution in [3.8, 4) is 0 Å². The molecule has 5 heteroatoms. The van der Waals surface area contributed by atoms with E-state index in [0.29, 0.717) is 13.1 Å². The van der Waals surface area contributed by atoms with Crippen LogP contribution < -0.4 is 5.32 Å². The van der Waals surface area contributed by atoms with E-state index in [9.17, 15) is 9.59 Å². The van der Waals surface area contributed by atoms with Crippen LogP contribution in [0.15, 0.2) is 0 Å². The minimum absolute atomic E-state index is 0.0297. The van der Waals surface area contributed by atoms with Gasteiger partial charge in [-0.15, -0.1) is 0 Å². The van der Waals surface area contributed by atoms with Crippen LogP contribution in [0.4, 0.5) is 0 Å². The lowest BCUT2D eigenvalue weighted by molar-refractivity contribution is -0.135. The highest BCUT2D eigenvalue weighted by Gasteiger charge is 2.38. The molecule has 0 bridgehead atoms. The topological polar surface area (TPSA) is 52.6 Å². The Morgan fingerprint density at radius 3 is 2.62 bits per heavy atom. The molecule has 0 saturated carbocycles. The molecule has 2 heterocycles. The average molecular weight is 225 g/mol. The van der Waals surface area contributed by atoms with Crippen LogP contribution in [0.5, 0.6) is 0 Å². The third kappa shape index (κ3) is 2.04. The Kier molecular flexibility index (Phi) is 3.14. The molecular weight excluding hydrogens is 206 g/mol. The Labute approximate surface area is 95.8 Å². The van der Waals surface area contributed by atoms with Crippen molar-refractivity contribution in [2.24, 2.45) is 0 Å². The van der Waals surface area contributed by atoms with Crippen molar-refractivity contribution in [3.63, 3.8) is 0 Å². The molecule has 2 aliphatic rings. The second-order valence-corrected chi connectivity index (χ2v) is 4.75. The zero-order valence-electron chi connectivity index (χ0n) is 9.90. The van der Waals surface area contributed by atoms with Gasteiger partial charge in [0.05, 0.1) is 12.6 Å². The van der Waals surface area contributed by atoms with Crippen LogP contribution in [-0.2, 0) is 9.59 Å². The third-order valence-corrected chi connectivity index (χ3v) is 3.34. The lowest BCUT2D eigenvalue weighted by Crippen LogP contribution is -2.54. The van der Waals surface area contributed by atoms with Crippen molar-refractivity contribution in [2.75, 3.05) is 26.2 Å². The van der Waals surface area contributed by atoms with Crippen LogP contribution in [0.25, 0.3) is 0 Å². The number of carbonyl (C=O) groups is 2. The van der Waals surface area contributed by atoms with Gasteiger partial charge in [-0.2, -0.15) is 0 Å². The summed E-state index contributed by atoms with van der Waals surface area (Å²) in [4.78, 5) is 27.3. The average Bonchev–Trinajstić information content (AvgIpc) is 2.60. The lowest BCUT2D eigenvalue weighted by atomic mass is 10.2. The Morgan fingerprint density at radius 2 is 2.06 bits per heavy atom. The largest absolute Gasteiger partial charge is 0.354 e. The van der Waals surface area contributed by atoms with Crippen molar-refractivity contribution in [1.29, 1.82) is 0 Å². The first-order chi connectivity index (χ1) is 7.59. The smallest absolute Gasteiger partial charge is 0.240 e. The molecule has 0 radical (unpaired) electrons. The number of amides is 2. The predicted molar refractivity (Wildman–Crippen MR) is 59.8 cm³/mol. The number of hydrogen-bond donors (Lipinski definition) is 1. The molecule has 90 valence electrons. The van der Waals surface area contributed by atoms with E-state index >= 15 is 0 Å². The van der Waals surface area contributed by atoms with E-state index in [2.05, 4.69) is 5.32 Å². The summed E-state index contributed by atoms with van der Waals surface area (Å²) >= 11 is 0. The maximum Gasteiger partial charge on any atom is 0.240 e. The van der Waals surface area contributed by atoms with E-state index in [4.69, 9.17) is 0 Å². The second-order valence-electron chi connectivity index (χ2n) is 4.75. The number of rotatable bonds is 2. The molecule has 0 aromatic rings. The summed E-state index contributed by atoms with van der Waals surface area (Å²) in [6, 6.07) is 0.185. The zero-order chi connectivity index (χ0) is 11.7. The first-order valence-electron chi connectivity index (χ1n) is 5.91. The number of carbonyl (C=O) groups excluding carboxylic acids is 2. The van der Waals surface area contributed by atoms with E-state index in [1.807, 2.05) is 23.6 Å². The van der Waals surface area contributed by atoms with Crippen LogP contribution in [0, 0.1) is 0 Å². The number of piperazine rings is 1. The van der Waals surface area contributed by atoms with E-state index in [0.717, 1.165) is 19.5 Å². The second kappa shape index (κ2) is 4.41. The molecule has 2 aliphatic heterocycles. The Morgan fingerprint density at radius 1 is 1.31 bits per heavy atom. The zero-order valence-corrected chi connectivity index (χ0v) is 9.90. The van der Waals surface area contributed by atoms with E-state index in [-0.39, 0.29) is 23.9 Å². The molecule has 1 N–H and O–H groups in total. The van der Waals surface area contributed by atoms with Crippen molar-refractivity contribution in [1.82, 2.24) is 15.1 Å². The molecule has 2 amide bonds. The fourth-order valence-electron chi connectivity index (χ4n) is 2.46. The van der Waals surface area contributed by atoms with Gasteiger partial charge in [0.25, 0.3) is 0 Å². The third-order valence-electron chi connectivity index (χ3n) is 3.34. The number of nitrogens with one attached hydrogen (secondary N) is 1. The van der Waals surface area contributed by atoms with Gasteiger partial charge in [0.15, 0.2) is 0 Å². The van der Waals surface area contributed by atoms with Gasteiger partial charge in [0.1, 0.15) is 0 Å². The standard InChI is InChI=1S/C11H19N3O2/c1-8(2)14-5-3-9(11(14)16)13-6-4-12-10(15)7-13/h8-9H,3-7H2,1-2H3,(H,12,15). The highest BCUT2D eigenvalue weighted by atomic mass is 16.2. The van der Waals surface area contributed by atoms with Crippen LogP contribution in [0.2, 0.25) is 0 Å². The molecule has 0 spiro atoms. The van der Waals surface area contributed by atoms with E-state index in [1.165, 1.54) is 0 Å². The predicted octanol–water partition coefficient (Wildman–Crippen LogP) is -0.572. The molecule has 0 aliphatic carbocycles. The van der Waals surface area contributed by atoms with Gasteiger partial charge in [-0.05, 0) is 20.3 Å². The summed E-state index contributed by atoms with van der Waals surface area (Å²) in [5, 5.41) is 2.78. The Balaban J connectivity index is 2.00. The maximum absolute atomic E-state index is 12.1. The molecule has 2 saturated heterocycles. The molecule has 0 aromatic heterocycles. The molecule has 1 atom stereocenters. The molecule has 2 rings (SSSR count). The van der Waals surface area contributed by atoms with Crippen LogP contribution in [0.1, 0.15) is 20.3 Å². The summed E-state index contributed by atoms with van der Waals surface area (Å²) in [5.41, 5.74) is 0. The summed E-state index contributed by atoms with van der Waals surface area (Å²) < 4.78 is 0. The SMILES string of the molecule is CC(C)N1CCC(N2CCNC(=O)C2)C1=O. The fraction of sp³-hybridized carbons (Fsp3) is 0.818. The van der Waals surface area contributed by atoms with E-state index < -0.39 is 0 Å². The minimum Gasteiger partial charge on any atom is -0.354 e. The van der Waals surface area contributed by atoms with Gasteiger partial charge < -0.3 is 10.2 Å². The molecule has 0 aromatic carbocycles. The highest BCUT2D eigenvalue weighted by Crippen LogP contribution is 2.19. The van der Waals surface area contributed by atoms with Crippen LogP contribution in [0.3, 0.4) is 0 Å². The Bertz CT molecular complexity index is 304. The number of likely N-dealkylation sites (tertiary alicyclic amines) is 1. The van der Waals surface area contributed by atoms with Crippen molar-refractivity contribution < 1.29 is 9.59 Å². The summed E-state index contributed by atoms with van der Waals surface area (Å²) in [6.07, 6.45) is 0.851. The van der Waals surface area contributed by atoms with Gasteiger partial charge in [0.2, 0.25) is 11.8 Å². The fourth-order valence-corrected chi connectivity index (χ4v) is 2.46. The quantitative estimate of drug-likeness (QED) is 0.684. The lowest BCUT2D eigenvalue weighted by Gasteiger charge is -2.31. The van der Waals surface area contributed by atoms with E-state index in [1.54, 1.807) is 0 Å². The van der Waals surface area contributed by atoms with Crippen molar-refractivity contribution >= 4 is 11.8 Å². The molecule has 2 fully saturated rings. The number of nitrogens with zero attached hydrogens (tertiary/aromatic N) is 2. The molecule has 1 unspecified atom stereocenters. The highest BCUT2D eigenvalue weighted by molar-refractivity contribution is 5.86. The first-order valence-corrected chi connectivity index (χ1v) is 5.91. The van der Waals surface area contributed by atoms with Gasteiger partial charge in [-0.1, -0.05) is 0 Å². The monoisotopic (exact) mass is 225 g/mol. The maximum atomic E-state index is 12.1. The summed E-state index contributed by atoms with van der Waals surface area (Å²) in [6.45, 7) is 6.69. The number of hydrogen-bond acceptors (Lipinski definition) is 3. The minimum atomic E-state index is -0.0755. The van der Waals surface area contributed by atoms with Crippen molar-refractivity contribution in [3.05, 3.63) is 0 Å². The van der Waals surface area contributed by atoms with Gasteiger partial charge in [0, 0.05) is 25.7 Å². The van der Waals surface area contributed by atoms with Gasteiger partial charge >= 0.3 is 0 Å². The molecule has 5 nitrogen and oxygen atoms in total. The van der Waals surface area contributed by atoms with Crippen molar-refractivity contribution in [2.45, 2.75) is 32.4 Å². The van der Waals surface area contributed by atoms with Gasteiger partial charge in [-0.25, -0.2) is 0 Å². The Hall–Kier alpha value is -1.10. The summed E-state index contributed by atoms with van der Waals surface area (Å²) in [7, 11) is 0.